The average Bonchev–Trinajstić information content (AvgIpc) is 2.36. The third kappa shape index (κ3) is 4.92. The predicted octanol–water partition coefficient (Wildman–Crippen LogP) is 4.53. The van der Waals surface area contributed by atoms with Crippen LogP contribution >= 0.6 is 0 Å². The summed E-state index contributed by atoms with van der Waals surface area (Å²) in [6, 6.07) is 0. The second kappa shape index (κ2) is 7.44. The molecule has 1 N–H and O–H groups in total. The number of hydrogen-bond acceptors (Lipinski definition) is 2. The summed E-state index contributed by atoms with van der Waals surface area (Å²) in [5.74, 6) is 0.977. The van der Waals surface area contributed by atoms with E-state index in [1.54, 1.807) is 0 Å². The van der Waals surface area contributed by atoms with Crippen LogP contribution in [0.2, 0.25) is 0 Å². The van der Waals surface area contributed by atoms with Gasteiger partial charge in [0.2, 0.25) is 0 Å². The minimum atomic E-state index is -0.669. The van der Waals surface area contributed by atoms with Gasteiger partial charge in [-0.15, -0.1) is 0 Å². The first-order valence-corrected chi connectivity index (χ1v) is 7.84. The van der Waals surface area contributed by atoms with Crippen molar-refractivity contribution in [2.24, 2.45) is 17.3 Å². The van der Waals surface area contributed by atoms with E-state index in [9.17, 15) is 5.11 Å². The number of ether oxygens (including phenoxy) is 1. The number of hydrogen-bond donors (Lipinski definition) is 1. The van der Waals surface area contributed by atoms with Crippen LogP contribution in [0.5, 0.6) is 0 Å². The quantitative estimate of drug-likeness (QED) is 0.543. The van der Waals surface area contributed by atoms with E-state index in [0.29, 0.717) is 18.4 Å². The van der Waals surface area contributed by atoms with Gasteiger partial charge in [-0.1, -0.05) is 40.7 Å². The highest BCUT2D eigenvalue weighted by Crippen LogP contribution is 2.38. The molecular formula is C17H32O2. The first-order chi connectivity index (χ1) is 8.86. The summed E-state index contributed by atoms with van der Waals surface area (Å²) in [7, 11) is 0. The van der Waals surface area contributed by atoms with Crippen molar-refractivity contribution in [2.45, 2.75) is 73.0 Å². The number of aliphatic hydroxyl groups is 1. The van der Waals surface area contributed by atoms with Crippen molar-refractivity contribution in [3.63, 3.8) is 0 Å². The van der Waals surface area contributed by atoms with Crippen molar-refractivity contribution in [1.29, 1.82) is 0 Å². The smallest absolute Gasteiger partial charge is 0.160 e. The van der Waals surface area contributed by atoms with E-state index in [0.717, 1.165) is 12.8 Å². The van der Waals surface area contributed by atoms with Gasteiger partial charge in [0.05, 0.1) is 6.61 Å². The van der Waals surface area contributed by atoms with Gasteiger partial charge in [0, 0.05) is 5.41 Å². The largest absolute Gasteiger partial charge is 0.367 e. The molecule has 0 fully saturated rings. The minimum Gasteiger partial charge on any atom is -0.367 e. The van der Waals surface area contributed by atoms with Gasteiger partial charge in [-0.2, -0.15) is 0 Å². The lowest BCUT2D eigenvalue weighted by Crippen LogP contribution is -2.40. The van der Waals surface area contributed by atoms with E-state index in [4.69, 9.17) is 4.74 Å². The highest BCUT2D eigenvalue weighted by molar-refractivity contribution is 5.05. The van der Waals surface area contributed by atoms with E-state index < -0.39 is 6.29 Å². The zero-order valence-electron chi connectivity index (χ0n) is 13.4. The predicted molar refractivity (Wildman–Crippen MR) is 80.9 cm³/mol. The van der Waals surface area contributed by atoms with Crippen LogP contribution in [0.15, 0.2) is 11.6 Å². The van der Waals surface area contributed by atoms with Crippen LogP contribution in [0, 0.1) is 17.3 Å². The Balaban J connectivity index is 2.56. The Labute approximate surface area is 119 Å². The summed E-state index contributed by atoms with van der Waals surface area (Å²) in [4.78, 5) is 0. The number of rotatable bonds is 7. The fraction of sp³-hybridized carbons (Fsp3) is 0.882. The molecule has 1 rings (SSSR count). The molecule has 19 heavy (non-hydrogen) atoms. The highest BCUT2D eigenvalue weighted by atomic mass is 16.6. The fourth-order valence-corrected chi connectivity index (χ4v) is 2.91. The van der Waals surface area contributed by atoms with E-state index >= 15 is 0 Å². The van der Waals surface area contributed by atoms with E-state index in [-0.39, 0.29) is 5.41 Å². The first-order valence-electron chi connectivity index (χ1n) is 7.84. The van der Waals surface area contributed by atoms with Crippen LogP contribution < -0.4 is 0 Å². The Morgan fingerprint density at radius 2 is 1.95 bits per heavy atom. The maximum absolute atomic E-state index is 10.5. The van der Waals surface area contributed by atoms with Crippen LogP contribution in [0.3, 0.4) is 0 Å². The van der Waals surface area contributed by atoms with Crippen molar-refractivity contribution in [2.75, 3.05) is 6.61 Å². The molecular weight excluding hydrogens is 236 g/mol. The van der Waals surface area contributed by atoms with Crippen LogP contribution in [-0.4, -0.2) is 18.0 Å². The van der Waals surface area contributed by atoms with Crippen LogP contribution in [0.25, 0.3) is 0 Å². The molecule has 1 aliphatic carbocycles. The summed E-state index contributed by atoms with van der Waals surface area (Å²) < 4.78 is 5.80. The van der Waals surface area contributed by atoms with Crippen LogP contribution in [0.4, 0.5) is 0 Å². The van der Waals surface area contributed by atoms with Crippen molar-refractivity contribution in [3.05, 3.63) is 11.6 Å². The highest BCUT2D eigenvalue weighted by Gasteiger charge is 2.37. The van der Waals surface area contributed by atoms with Gasteiger partial charge in [-0.05, 0) is 49.5 Å². The van der Waals surface area contributed by atoms with Crippen LogP contribution in [0.1, 0.15) is 66.7 Å². The second-order valence-corrected chi connectivity index (χ2v) is 7.03. The molecule has 112 valence electrons. The Bertz CT molecular complexity index is 294. The fourth-order valence-electron chi connectivity index (χ4n) is 2.91. The SMILES string of the molecule is CC(C)CC(C)(C(C)C)C(O)OCC1=CCCCC1. The molecule has 2 heteroatoms. The molecule has 0 aliphatic heterocycles. The van der Waals surface area contributed by atoms with Crippen molar-refractivity contribution < 1.29 is 9.84 Å². The molecule has 2 unspecified atom stereocenters. The summed E-state index contributed by atoms with van der Waals surface area (Å²) in [6.45, 7) is 11.5. The minimum absolute atomic E-state index is 0.163. The molecule has 0 aromatic carbocycles. The van der Waals surface area contributed by atoms with Gasteiger partial charge in [-0.3, -0.25) is 0 Å². The summed E-state index contributed by atoms with van der Waals surface area (Å²) in [5.41, 5.74) is 1.20. The zero-order chi connectivity index (χ0) is 14.5. The maximum atomic E-state index is 10.5. The molecule has 0 aromatic heterocycles. The van der Waals surface area contributed by atoms with Crippen molar-refractivity contribution >= 4 is 0 Å². The molecule has 2 nitrogen and oxygen atoms in total. The Kier molecular flexibility index (Phi) is 6.55. The van der Waals surface area contributed by atoms with Gasteiger partial charge in [0.25, 0.3) is 0 Å². The molecule has 0 bridgehead atoms. The first kappa shape index (κ1) is 16.7. The standard InChI is InChI=1S/C17H32O2/c1-13(2)11-17(5,14(3)4)16(18)19-12-15-9-7-6-8-10-15/h9,13-14,16,18H,6-8,10-12H2,1-5H3. The Morgan fingerprint density at radius 3 is 2.42 bits per heavy atom. The van der Waals surface area contributed by atoms with E-state index in [1.807, 2.05) is 0 Å². The zero-order valence-corrected chi connectivity index (χ0v) is 13.4. The average molecular weight is 268 g/mol. The van der Waals surface area contributed by atoms with E-state index in [2.05, 4.69) is 40.7 Å². The second-order valence-electron chi connectivity index (χ2n) is 7.03. The summed E-state index contributed by atoms with van der Waals surface area (Å²) in [6.07, 6.45) is 7.47. The third-order valence-electron chi connectivity index (χ3n) is 4.54. The molecule has 1 aliphatic rings. The van der Waals surface area contributed by atoms with Crippen LogP contribution in [-0.2, 0) is 4.74 Å². The van der Waals surface area contributed by atoms with Gasteiger partial charge in [0.1, 0.15) is 0 Å². The third-order valence-corrected chi connectivity index (χ3v) is 4.54. The molecule has 0 spiro atoms. The van der Waals surface area contributed by atoms with Crippen molar-refractivity contribution in [1.82, 2.24) is 0 Å². The number of aliphatic hydroxyl groups excluding tert-OH is 1. The summed E-state index contributed by atoms with van der Waals surface area (Å²) >= 11 is 0. The van der Waals surface area contributed by atoms with Crippen molar-refractivity contribution in [3.8, 4) is 0 Å². The molecule has 2 atom stereocenters. The lowest BCUT2D eigenvalue weighted by molar-refractivity contribution is -0.185. The molecule has 0 amide bonds. The monoisotopic (exact) mass is 268 g/mol. The van der Waals surface area contributed by atoms with Gasteiger partial charge in [-0.25, -0.2) is 0 Å². The lowest BCUT2D eigenvalue weighted by Gasteiger charge is -2.39. The normalized spacial score (nSPS) is 21.4. The Hall–Kier alpha value is -0.340. The molecule has 0 heterocycles. The topological polar surface area (TPSA) is 29.5 Å². The molecule has 0 saturated carbocycles. The summed E-state index contributed by atoms with van der Waals surface area (Å²) in [5, 5.41) is 10.5. The maximum Gasteiger partial charge on any atom is 0.160 e. The Morgan fingerprint density at radius 1 is 1.26 bits per heavy atom. The van der Waals surface area contributed by atoms with Gasteiger partial charge >= 0.3 is 0 Å². The molecule has 0 saturated heterocycles. The molecule has 0 aromatic rings. The molecule has 0 radical (unpaired) electrons. The number of allylic oxidation sites excluding steroid dienone is 1. The lowest BCUT2D eigenvalue weighted by atomic mass is 9.72. The van der Waals surface area contributed by atoms with Gasteiger partial charge < -0.3 is 9.84 Å². The van der Waals surface area contributed by atoms with E-state index in [1.165, 1.54) is 24.8 Å². The van der Waals surface area contributed by atoms with Gasteiger partial charge in [0.15, 0.2) is 6.29 Å².